The zero-order valence-corrected chi connectivity index (χ0v) is 32.4. The van der Waals surface area contributed by atoms with Gasteiger partial charge in [-0.3, -0.25) is 9.59 Å². The number of esters is 1. The van der Waals surface area contributed by atoms with E-state index in [0.717, 1.165) is 5.56 Å². The number of Topliss-reactive ketones (excluding diaryl/α,β-unsaturated/α-hetero) is 1. The highest BCUT2D eigenvalue weighted by molar-refractivity contribution is 6.32. The van der Waals surface area contributed by atoms with Gasteiger partial charge in [-0.15, -0.1) is 0 Å². The fourth-order valence-electron chi connectivity index (χ4n) is 3.91. The Morgan fingerprint density at radius 3 is 1.12 bits per heavy atom. The first kappa shape index (κ1) is 50.7. The van der Waals surface area contributed by atoms with Crippen LogP contribution in [0.4, 0.5) is 4.79 Å². The van der Waals surface area contributed by atoms with Crippen molar-refractivity contribution in [3.8, 4) is 0 Å². The number of carboxylic acid groups (broad SMARTS) is 1. The van der Waals surface area contributed by atoms with Crippen molar-refractivity contribution in [3.05, 3.63) is 35.9 Å². The zero-order valence-electron chi connectivity index (χ0n) is 32.4. The molecule has 0 radical (unpaired) electrons. The molecule has 1 amide bonds. The lowest BCUT2D eigenvalue weighted by atomic mass is 10.2. The van der Waals surface area contributed by atoms with Gasteiger partial charge in [0.15, 0.2) is 0 Å². The highest BCUT2D eigenvalue weighted by atomic mass is 16.6. The number of nitrogens with one attached hydrogen (secondary N) is 1. The van der Waals surface area contributed by atoms with Gasteiger partial charge >= 0.3 is 18.0 Å². The number of hydrogen-bond donors (Lipinski definition) is 2. The largest absolute Gasteiger partial charge is 0.476 e. The van der Waals surface area contributed by atoms with Crippen LogP contribution in [0.2, 0.25) is 0 Å². The number of rotatable bonds is 42. The van der Waals surface area contributed by atoms with Gasteiger partial charge in [0, 0.05) is 13.0 Å². The molecular formula is C37H61NO18. The predicted octanol–water partition coefficient (Wildman–Crippen LogP) is 1.07. The van der Waals surface area contributed by atoms with Crippen molar-refractivity contribution in [1.29, 1.82) is 0 Å². The molecule has 56 heavy (non-hydrogen) atoms. The van der Waals surface area contributed by atoms with E-state index < -0.39 is 30.2 Å². The molecule has 2 N–H and O–H groups in total. The summed E-state index contributed by atoms with van der Waals surface area (Å²) in [4.78, 5) is 44.3. The van der Waals surface area contributed by atoms with Crippen LogP contribution in [0.5, 0.6) is 0 Å². The van der Waals surface area contributed by atoms with Crippen LogP contribution in [0.1, 0.15) is 18.4 Å². The molecule has 322 valence electrons. The zero-order chi connectivity index (χ0) is 40.4. The first-order chi connectivity index (χ1) is 27.5. The Hall–Kier alpha value is -3.34. The normalized spacial score (nSPS) is 11.1. The summed E-state index contributed by atoms with van der Waals surface area (Å²) in [6.07, 6.45) is -1.15. The van der Waals surface area contributed by atoms with Crippen LogP contribution >= 0.6 is 0 Å². The maximum atomic E-state index is 11.7. The van der Waals surface area contributed by atoms with Gasteiger partial charge in [-0.25, -0.2) is 9.59 Å². The highest BCUT2D eigenvalue weighted by Crippen LogP contribution is 2.00. The summed E-state index contributed by atoms with van der Waals surface area (Å²) in [7, 11) is 0. The van der Waals surface area contributed by atoms with Crippen molar-refractivity contribution in [1.82, 2.24) is 5.32 Å². The van der Waals surface area contributed by atoms with Crippen molar-refractivity contribution in [2.24, 2.45) is 0 Å². The summed E-state index contributed by atoms with van der Waals surface area (Å²) in [6.45, 7) is 9.78. The molecule has 0 aliphatic carbocycles. The van der Waals surface area contributed by atoms with Crippen LogP contribution in [0.25, 0.3) is 0 Å². The second kappa shape index (κ2) is 39.9. The molecule has 1 aromatic rings. The van der Waals surface area contributed by atoms with Gasteiger partial charge in [0.1, 0.15) is 13.2 Å². The van der Waals surface area contributed by atoms with Crippen molar-refractivity contribution in [2.45, 2.75) is 19.4 Å². The van der Waals surface area contributed by atoms with E-state index in [2.05, 4.69) is 5.32 Å². The number of carboxylic acids is 1. The lowest BCUT2D eigenvalue weighted by molar-refractivity contribution is -0.151. The van der Waals surface area contributed by atoms with Crippen molar-refractivity contribution < 1.29 is 85.9 Å². The van der Waals surface area contributed by atoms with Crippen LogP contribution in [0.15, 0.2) is 30.3 Å². The summed E-state index contributed by atoms with van der Waals surface area (Å²) in [5, 5.41) is 11.1. The van der Waals surface area contributed by atoms with Crippen LogP contribution in [-0.4, -0.2) is 187 Å². The number of ether oxygens (including phenoxy) is 13. The van der Waals surface area contributed by atoms with Crippen LogP contribution in [0.3, 0.4) is 0 Å². The van der Waals surface area contributed by atoms with E-state index in [0.29, 0.717) is 145 Å². The topological polar surface area (TPSA) is 221 Å². The van der Waals surface area contributed by atoms with Gasteiger partial charge in [0.05, 0.1) is 152 Å². The number of ketones is 1. The molecule has 0 heterocycles. The second-order valence-electron chi connectivity index (χ2n) is 11.2. The minimum Gasteiger partial charge on any atom is -0.476 e. The first-order valence-corrected chi connectivity index (χ1v) is 18.7. The maximum absolute atomic E-state index is 11.7. The van der Waals surface area contributed by atoms with E-state index in [1.165, 1.54) is 0 Å². The summed E-state index contributed by atoms with van der Waals surface area (Å²) in [6, 6.07) is 9.47. The van der Waals surface area contributed by atoms with E-state index >= 15 is 0 Å². The molecule has 1 aromatic carbocycles. The Kier molecular flexibility index (Phi) is 36.1. The Morgan fingerprint density at radius 1 is 0.429 bits per heavy atom. The smallest absolute Gasteiger partial charge is 0.407 e. The average molecular weight is 808 g/mol. The average Bonchev–Trinajstić information content (AvgIpc) is 3.20. The lowest BCUT2D eigenvalue weighted by Gasteiger charge is -2.09. The number of alkyl carbamates (subject to hydrolysis) is 1. The molecule has 0 saturated carbocycles. The molecule has 0 aliphatic heterocycles. The van der Waals surface area contributed by atoms with Gasteiger partial charge in [-0.2, -0.15) is 0 Å². The molecule has 0 saturated heterocycles. The minimum absolute atomic E-state index is 0.00735. The maximum Gasteiger partial charge on any atom is 0.407 e. The summed E-state index contributed by atoms with van der Waals surface area (Å²) in [5.41, 5.74) is 0.928. The second-order valence-corrected chi connectivity index (χ2v) is 11.2. The van der Waals surface area contributed by atoms with E-state index in [1.807, 2.05) is 30.3 Å². The van der Waals surface area contributed by atoms with Crippen molar-refractivity contribution >= 4 is 23.8 Å². The van der Waals surface area contributed by atoms with E-state index in [4.69, 9.17) is 66.7 Å². The van der Waals surface area contributed by atoms with Gasteiger partial charge in [-0.1, -0.05) is 30.3 Å². The van der Waals surface area contributed by atoms with Crippen LogP contribution in [-0.2, 0) is 82.6 Å². The van der Waals surface area contributed by atoms with Crippen LogP contribution < -0.4 is 5.32 Å². The SMILES string of the molecule is O=C(CCC(=O)C(=O)O)OCCOCCOCCOCCOCCOCCOCCOCCOCCOCCOCCOCCNC(=O)OCc1ccccc1. The van der Waals surface area contributed by atoms with E-state index in [9.17, 15) is 19.2 Å². The molecular weight excluding hydrogens is 746 g/mol. The Labute approximate surface area is 328 Å². The summed E-state index contributed by atoms with van der Waals surface area (Å²) in [5.74, 6) is -3.25. The van der Waals surface area contributed by atoms with Gasteiger partial charge in [0.2, 0.25) is 5.78 Å². The summed E-state index contributed by atoms with van der Waals surface area (Å²) >= 11 is 0. The molecule has 0 aliphatic rings. The third kappa shape index (κ3) is 36.3. The Balaban J connectivity index is 1.64. The third-order valence-corrected chi connectivity index (χ3v) is 6.73. The van der Waals surface area contributed by atoms with Crippen molar-refractivity contribution in [3.63, 3.8) is 0 Å². The molecule has 0 atom stereocenters. The monoisotopic (exact) mass is 807 g/mol. The minimum atomic E-state index is -1.57. The number of benzene rings is 1. The number of hydrogen-bond acceptors (Lipinski definition) is 17. The molecule has 19 nitrogen and oxygen atoms in total. The molecule has 0 aromatic heterocycles. The highest BCUT2D eigenvalue weighted by Gasteiger charge is 2.14. The third-order valence-electron chi connectivity index (χ3n) is 6.73. The van der Waals surface area contributed by atoms with Crippen LogP contribution in [0, 0.1) is 0 Å². The number of amides is 1. The fourth-order valence-corrected chi connectivity index (χ4v) is 3.91. The molecule has 0 unspecified atom stereocenters. The number of aliphatic carboxylic acids is 1. The number of carbonyl (C=O) groups is 4. The lowest BCUT2D eigenvalue weighted by Crippen LogP contribution is -2.28. The predicted molar refractivity (Wildman–Crippen MR) is 196 cm³/mol. The Bertz CT molecular complexity index is 1080. The first-order valence-electron chi connectivity index (χ1n) is 18.7. The molecule has 0 bridgehead atoms. The quantitative estimate of drug-likeness (QED) is 0.0536. The standard InChI is InChI=1S/C37H61NO18/c39-34(36(41)42)6-7-35(40)55-31-30-54-29-28-53-27-26-52-25-24-51-23-22-50-21-20-49-19-18-48-17-16-47-15-14-46-13-12-45-11-10-44-9-8-38-37(43)56-32-33-4-2-1-3-5-33/h1-5H,6-32H2,(H,38,43)(H,41,42). The summed E-state index contributed by atoms with van der Waals surface area (Å²) < 4.78 is 69.6. The van der Waals surface area contributed by atoms with Gasteiger partial charge < -0.3 is 72.0 Å². The van der Waals surface area contributed by atoms with E-state index in [1.54, 1.807) is 0 Å². The molecule has 19 heteroatoms. The Morgan fingerprint density at radius 2 is 0.768 bits per heavy atom. The molecule has 0 fully saturated rings. The van der Waals surface area contributed by atoms with Crippen molar-refractivity contribution in [2.75, 3.05) is 159 Å². The van der Waals surface area contributed by atoms with Gasteiger partial charge in [-0.05, 0) is 5.56 Å². The molecule has 0 spiro atoms. The molecule has 1 rings (SSSR count). The number of carbonyl (C=O) groups excluding carboxylic acids is 3. The van der Waals surface area contributed by atoms with E-state index in [-0.39, 0.29) is 26.2 Å². The fraction of sp³-hybridized carbons (Fsp3) is 0.730. The van der Waals surface area contributed by atoms with Gasteiger partial charge in [0.25, 0.3) is 0 Å².